The predicted molar refractivity (Wildman–Crippen MR) is 139 cm³/mol. The van der Waals surface area contributed by atoms with Gasteiger partial charge in [-0.05, 0) is 24.1 Å². The minimum Gasteiger partial charge on any atom is -0.481 e. The van der Waals surface area contributed by atoms with Gasteiger partial charge < -0.3 is 9.64 Å². The van der Waals surface area contributed by atoms with E-state index in [0.29, 0.717) is 18.0 Å². The number of nitrogens with zero attached hydrogens (tertiary/aromatic N) is 9. The van der Waals surface area contributed by atoms with Gasteiger partial charge in [-0.25, -0.2) is 14.5 Å². The molecule has 3 aliphatic rings. The molecule has 8 rings (SSSR count). The summed E-state index contributed by atoms with van der Waals surface area (Å²) in [5, 5.41) is 8.78. The van der Waals surface area contributed by atoms with E-state index in [1.165, 1.54) is 12.0 Å². The largest absolute Gasteiger partial charge is 0.481 e. The molecule has 0 aromatic carbocycles. The molecule has 5 aromatic heterocycles. The lowest BCUT2D eigenvalue weighted by atomic mass is 9.87. The second-order valence-electron chi connectivity index (χ2n) is 9.80. The molecule has 0 aliphatic carbocycles. The number of hydrogen-bond donors (Lipinski definition) is 0. The second-order valence-corrected chi connectivity index (χ2v) is 9.80. The third kappa shape index (κ3) is 3.89. The van der Waals surface area contributed by atoms with Crippen molar-refractivity contribution in [3.8, 4) is 28.3 Å². The van der Waals surface area contributed by atoms with Crippen LogP contribution in [-0.2, 0) is 13.6 Å². The van der Waals surface area contributed by atoms with Gasteiger partial charge in [0, 0.05) is 80.1 Å². The van der Waals surface area contributed by atoms with Crippen LogP contribution >= 0.6 is 0 Å². The molecule has 5 aromatic rings. The minimum absolute atomic E-state index is 0.518. The van der Waals surface area contributed by atoms with Crippen molar-refractivity contribution in [2.45, 2.75) is 25.0 Å². The minimum atomic E-state index is 0.518. The Balaban J connectivity index is 1.09. The summed E-state index contributed by atoms with van der Waals surface area (Å²) in [6, 6.07) is 9.21. The van der Waals surface area contributed by atoms with E-state index in [4.69, 9.17) is 14.7 Å². The first-order valence-corrected chi connectivity index (χ1v) is 12.4. The maximum absolute atomic E-state index is 5.18. The van der Waals surface area contributed by atoms with Gasteiger partial charge >= 0.3 is 0 Å². The molecule has 0 radical (unpaired) electrons. The van der Waals surface area contributed by atoms with Gasteiger partial charge in [-0.3, -0.25) is 14.6 Å². The van der Waals surface area contributed by atoms with Crippen molar-refractivity contribution in [3.05, 3.63) is 73.2 Å². The maximum Gasteiger partial charge on any atom is 0.212 e. The third-order valence-electron chi connectivity index (χ3n) is 7.50. The summed E-state index contributed by atoms with van der Waals surface area (Å²) >= 11 is 0. The lowest BCUT2D eigenvalue weighted by Crippen LogP contribution is -2.68. The fourth-order valence-electron chi connectivity index (χ4n) is 5.55. The highest BCUT2D eigenvalue weighted by molar-refractivity contribution is 5.82. The van der Waals surface area contributed by atoms with Gasteiger partial charge in [-0.1, -0.05) is 6.07 Å². The number of methoxy groups -OCH3 is 1. The van der Waals surface area contributed by atoms with Crippen LogP contribution < -0.4 is 9.64 Å². The molecule has 0 N–H and O–H groups in total. The predicted octanol–water partition coefficient (Wildman–Crippen LogP) is 3.06. The van der Waals surface area contributed by atoms with E-state index in [9.17, 15) is 0 Å². The topological polar surface area (TPSA) is 89.5 Å². The van der Waals surface area contributed by atoms with Crippen molar-refractivity contribution < 1.29 is 4.74 Å². The smallest absolute Gasteiger partial charge is 0.212 e. The number of anilines is 1. The number of hydrogen-bond acceptors (Lipinski definition) is 8. The van der Waals surface area contributed by atoms with Crippen molar-refractivity contribution >= 4 is 11.3 Å². The molecule has 37 heavy (non-hydrogen) atoms. The van der Waals surface area contributed by atoms with Crippen molar-refractivity contribution in [1.29, 1.82) is 0 Å². The van der Waals surface area contributed by atoms with Gasteiger partial charge in [0.05, 0.1) is 43.1 Å². The summed E-state index contributed by atoms with van der Waals surface area (Å²) in [6.45, 7) is 2.83. The van der Waals surface area contributed by atoms with Crippen molar-refractivity contribution in [3.63, 3.8) is 0 Å². The molecule has 2 bridgehead atoms. The highest BCUT2D eigenvalue weighted by atomic mass is 16.5. The molecule has 2 atom stereocenters. The van der Waals surface area contributed by atoms with Crippen molar-refractivity contribution in [2.24, 2.45) is 7.05 Å². The Labute approximate surface area is 214 Å². The molecule has 8 heterocycles. The molecule has 186 valence electrons. The molecule has 10 heteroatoms. The van der Waals surface area contributed by atoms with Crippen LogP contribution in [0.5, 0.6) is 5.88 Å². The first kappa shape index (κ1) is 21.9. The first-order chi connectivity index (χ1) is 18.1. The molecule has 0 amide bonds. The molecule has 3 aliphatic heterocycles. The van der Waals surface area contributed by atoms with Gasteiger partial charge in [0.25, 0.3) is 0 Å². The Bertz CT molecular complexity index is 1550. The monoisotopic (exact) mass is 493 g/mol. The highest BCUT2D eigenvalue weighted by Gasteiger charge is 2.44. The lowest BCUT2D eigenvalue weighted by molar-refractivity contribution is -0.00879. The van der Waals surface area contributed by atoms with Gasteiger partial charge in [0.15, 0.2) is 0 Å². The van der Waals surface area contributed by atoms with Crippen LogP contribution in [0.4, 0.5) is 5.82 Å². The zero-order valence-electron chi connectivity index (χ0n) is 20.8. The first-order valence-electron chi connectivity index (χ1n) is 12.4. The van der Waals surface area contributed by atoms with Crippen LogP contribution in [0.1, 0.15) is 12.0 Å². The number of pyridine rings is 2. The zero-order valence-corrected chi connectivity index (χ0v) is 20.8. The Morgan fingerprint density at radius 2 is 1.81 bits per heavy atom. The average Bonchev–Trinajstić information content (AvgIpc) is 3.60. The van der Waals surface area contributed by atoms with Crippen LogP contribution in [0.15, 0.2) is 67.6 Å². The number of aryl methyl sites for hydroxylation is 1. The lowest BCUT2D eigenvalue weighted by Gasteiger charge is -2.56. The fourth-order valence-corrected chi connectivity index (χ4v) is 5.55. The number of piperazine rings is 1. The number of aromatic nitrogens is 7. The summed E-state index contributed by atoms with van der Waals surface area (Å²) in [6.07, 6.45) is 14.6. The summed E-state index contributed by atoms with van der Waals surface area (Å²) in [7, 11) is 3.56. The molecule has 3 saturated heterocycles. The van der Waals surface area contributed by atoms with Crippen molar-refractivity contribution in [2.75, 3.05) is 25.1 Å². The van der Waals surface area contributed by atoms with E-state index in [2.05, 4.69) is 37.1 Å². The molecule has 0 spiro atoms. The quantitative estimate of drug-likeness (QED) is 0.357. The van der Waals surface area contributed by atoms with Crippen LogP contribution in [-0.4, -0.2) is 71.5 Å². The van der Waals surface area contributed by atoms with Gasteiger partial charge in [0.2, 0.25) is 5.88 Å². The molecule has 0 saturated carbocycles. The Morgan fingerprint density at radius 1 is 0.919 bits per heavy atom. The average molecular weight is 494 g/mol. The number of ether oxygens (including phenoxy) is 1. The van der Waals surface area contributed by atoms with Crippen LogP contribution in [0.2, 0.25) is 0 Å². The summed E-state index contributed by atoms with van der Waals surface area (Å²) < 4.78 is 8.87. The highest BCUT2D eigenvalue weighted by Crippen LogP contribution is 2.36. The summed E-state index contributed by atoms with van der Waals surface area (Å²) in [5.74, 6) is 1.58. The summed E-state index contributed by atoms with van der Waals surface area (Å²) in [4.78, 5) is 19.0. The Hall–Kier alpha value is -4.31. The van der Waals surface area contributed by atoms with Crippen LogP contribution in [0, 0.1) is 0 Å². The van der Waals surface area contributed by atoms with E-state index < -0.39 is 0 Å². The second kappa shape index (κ2) is 8.67. The number of rotatable bonds is 6. The van der Waals surface area contributed by atoms with E-state index >= 15 is 0 Å². The van der Waals surface area contributed by atoms with Crippen LogP contribution in [0.3, 0.4) is 0 Å². The van der Waals surface area contributed by atoms with Gasteiger partial charge in [-0.2, -0.15) is 10.2 Å². The molecule has 3 fully saturated rings. The van der Waals surface area contributed by atoms with Gasteiger partial charge in [0.1, 0.15) is 5.82 Å². The number of fused-ring (bicyclic) bond motifs is 3. The number of piperidine rings is 1. The third-order valence-corrected chi connectivity index (χ3v) is 7.50. The fraction of sp³-hybridized carbons (Fsp3) is 0.296. The Kier molecular flexibility index (Phi) is 5.14. The van der Waals surface area contributed by atoms with E-state index in [1.54, 1.807) is 18.0 Å². The van der Waals surface area contributed by atoms with Crippen LogP contribution in [0.25, 0.3) is 27.9 Å². The maximum atomic E-state index is 5.18. The zero-order chi connectivity index (χ0) is 24.9. The van der Waals surface area contributed by atoms with Gasteiger partial charge in [-0.15, -0.1) is 0 Å². The molecular weight excluding hydrogens is 466 g/mol. The molecular formula is C27H27N9O. The summed E-state index contributed by atoms with van der Waals surface area (Å²) in [5.41, 5.74) is 6.11. The van der Waals surface area contributed by atoms with E-state index in [1.807, 2.05) is 60.9 Å². The molecule has 10 nitrogen and oxygen atoms in total. The van der Waals surface area contributed by atoms with E-state index in [-0.39, 0.29) is 0 Å². The normalized spacial score (nSPS) is 19.2. The Morgan fingerprint density at radius 3 is 2.51 bits per heavy atom. The standard InChI is InChI=1S/C27H27N9O/c1-33-14-20(10-32-33)19-7-23(25-5-6-31-36(25)15-19)24-11-29-26(12-28-24)34-16-21-8-22(17-34)35(21)13-18-3-4-27(37-2)30-9-18/h3-7,9-12,14-15,21-22H,8,13,16-17H2,1-2H3. The van der Waals surface area contributed by atoms with E-state index in [0.717, 1.165) is 53.4 Å². The van der Waals surface area contributed by atoms with Crippen molar-refractivity contribution in [1.82, 2.24) is 39.2 Å². The molecule has 2 unspecified atom stereocenters. The SMILES string of the molecule is COc1ccc(CN2C3CC2CN(c2cnc(-c4cc(-c5cnn(C)c5)cn5nccc45)cn2)C3)cn1.